The van der Waals surface area contributed by atoms with Crippen LogP contribution in [0.1, 0.15) is 21.3 Å². The van der Waals surface area contributed by atoms with Crippen LogP contribution in [0.5, 0.6) is 5.75 Å². The van der Waals surface area contributed by atoms with Gasteiger partial charge in [-0.25, -0.2) is 22.6 Å². The molecule has 6 nitrogen and oxygen atoms in total. The van der Waals surface area contributed by atoms with Gasteiger partial charge in [0.25, 0.3) is 0 Å². The summed E-state index contributed by atoms with van der Waals surface area (Å²) in [5.41, 5.74) is 2.65. The van der Waals surface area contributed by atoms with Gasteiger partial charge in [-0.3, -0.25) is 0 Å². The van der Waals surface area contributed by atoms with Crippen molar-refractivity contribution in [3.05, 3.63) is 94.6 Å². The second-order valence-corrected chi connectivity index (χ2v) is 11.4. The number of aliphatic carboxylic acids is 1. The molecule has 0 saturated carbocycles. The lowest BCUT2D eigenvalue weighted by Crippen LogP contribution is -2.22. The molecule has 1 atom stereocenters. The van der Waals surface area contributed by atoms with Crippen molar-refractivity contribution in [2.24, 2.45) is 0 Å². The minimum atomic E-state index is -3.71. The molecular weight excluding hydrogens is 489 g/mol. The first-order valence-corrected chi connectivity index (χ1v) is 13.3. The molecule has 3 aromatic carbocycles. The molecule has 0 saturated heterocycles. The molecule has 9 heteroatoms. The molecular formula is C26H20FNO5S2. The number of halogens is 1. The highest BCUT2D eigenvalue weighted by atomic mass is 32.2. The van der Waals surface area contributed by atoms with Crippen molar-refractivity contribution in [3.63, 3.8) is 0 Å². The molecule has 178 valence electrons. The smallest absolute Gasteiger partial charge is 0.341 e. The van der Waals surface area contributed by atoms with E-state index in [1.165, 1.54) is 17.4 Å². The highest BCUT2D eigenvalue weighted by Crippen LogP contribution is 2.49. The molecule has 1 unspecified atom stereocenters. The van der Waals surface area contributed by atoms with E-state index in [0.717, 1.165) is 0 Å². The summed E-state index contributed by atoms with van der Waals surface area (Å²) in [7, 11) is -3.71. The van der Waals surface area contributed by atoms with Crippen molar-refractivity contribution in [1.82, 2.24) is 4.98 Å². The Hall–Kier alpha value is -3.56. The lowest BCUT2D eigenvalue weighted by Gasteiger charge is -2.25. The first-order valence-electron chi connectivity index (χ1n) is 10.8. The topological polar surface area (TPSA) is 93.6 Å². The molecule has 1 aliphatic rings. The van der Waals surface area contributed by atoms with Gasteiger partial charge in [-0.15, -0.1) is 11.3 Å². The summed E-state index contributed by atoms with van der Waals surface area (Å²) in [6, 6.07) is 20.3. The number of fused-ring (bicyclic) bond motifs is 3. The van der Waals surface area contributed by atoms with Crippen LogP contribution < -0.4 is 4.74 Å². The number of hydrogen-bond donors (Lipinski definition) is 1. The highest BCUT2D eigenvalue weighted by molar-refractivity contribution is 7.91. The normalized spacial score (nSPS) is 14.7. The van der Waals surface area contributed by atoms with Crippen molar-refractivity contribution < 1.29 is 27.4 Å². The Balaban J connectivity index is 1.65. The number of hydrogen-bond acceptors (Lipinski definition) is 6. The highest BCUT2D eigenvalue weighted by Gasteiger charge is 2.38. The van der Waals surface area contributed by atoms with Crippen LogP contribution in [0, 0.1) is 5.82 Å². The molecule has 0 aliphatic heterocycles. The number of thiazole rings is 1. The van der Waals surface area contributed by atoms with Crippen LogP contribution in [0.2, 0.25) is 0 Å². The van der Waals surface area contributed by atoms with Crippen molar-refractivity contribution in [3.8, 4) is 27.6 Å². The maximum atomic E-state index is 14.6. The van der Waals surface area contributed by atoms with E-state index in [9.17, 15) is 17.6 Å². The Morgan fingerprint density at radius 3 is 2.49 bits per heavy atom. The van der Waals surface area contributed by atoms with Gasteiger partial charge in [-0.1, -0.05) is 54.6 Å². The van der Waals surface area contributed by atoms with E-state index >= 15 is 0 Å². The lowest BCUT2D eigenvalue weighted by molar-refractivity contribution is -0.139. The van der Waals surface area contributed by atoms with Crippen LogP contribution in [-0.4, -0.2) is 31.1 Å². The van der Waals surface area contributed by atoms with Gasteiger partial charge in [-0.05, 0) is 30.2 Å². The molecule has 35 heavy (non-hydrogen) atoms. The summed E-state index contributed by atoms with van der Waals surface area (Å²) in [6.07, 6.45) is 0.103. The fourth-order valence-corrected chi connectivity index (χ4v) is 7.63. The number of sulfone groups is 1. The molecule has 1 heterocycles. The van der Waals surface area contributed by atoms with Crippen LogP contribution in [0.3, 0.4) is 0 Å². The Bertz CT molecular complexity index is 1520. The SMILES string of the molecule is O=C(O)COc1cccc2c1CC(S(=O)(=O)Cc1ccccc1)c1sc(-c3ccccc3F)nc1-2. The van der Waals surface area contributed by atoms with Gasteiger partial charge < -0.3 is 9.84 Å². The number of aromatic nitrogens is 1. The lowest BCUT2D eigenvalue weighted by atomic mass is 9.92. The van der Waals surface area contributed by atoms with E-state index in [-0.39, 0.29) is 12.2 Å². The van der Waals surface area contributed by atoms with Gasteiger partial charge in [0.05, 0.1) is 16.3 Å². The molecule has 0 radical (unpaired) electrons. The van der Waals surface area contributed by atoms with Gasteiger partial charge in [0, 0.05) is 16.7 Å². The van der Waals surface area contributed by atoms with Crippen LogP contribution in [0.4, 0.5) is 4.39 Å². The van der Waals surface area contributed by atoms with E-state index in [4.69, 9.17) is 9.84 Å². The second kappa shape index (κ2) is 9.24. The number of ether oxygens (including phenoxy) is 1. The summed E-state index contributed by atoms with van der Waals surface area (Å²) in [4.78, 5) is 16.3. The predicted molar refractivity (Wildman–Crippen MR) is 132 cm³/mol. The molecule has 0 amide bonds. The monoisotopic (exact) mass is 509 g/mol. The summed E-state index contributed by atoms with van der Waals surface area (Å²) in [5.74, 6) is -1.45. The van der Waals surface area contributed by atoms with Gasteiger partial charge in [-0.2, -0.15) is 0 Å². The van der Waals surface area contributed by atoms with Crippen molar-refractivity contribution in [1.29, 1.82) is 0 Å². The molecule has 0 fully saturated rings. The second-order valence-electron chi connectivity index (χ2n) is 8.16. The Kier molecular flexibility index (Phi) is 6.12. The zero-order valence-electron chi connectivity index (χ0n) is 18.3. The van der Waals surface area contributed by atoms with Crippen molar-refractivity contribution in [2.75, 3.05) is 6.61 Å². The van der Waals surface area contributed by atoms with Crippen molar-refractivity contribution >= 4 is 27.1 Å². The largest absolute Gasteiger partial charge is 0.482 e. The molecule has 1 aromatic heterocycles. The Morgan fingerprint density at radius 1 is 1.03 bits per heavy atom. The summed E-state index contributed by atoms with van der Waals surface area (Å²) in [6.45, 7) is -0.553. The molecule has 1 N–H and O–H groups in total. The van der Waals surface area contributed by atoms with Crippen molar-refractivity contribution in [2.45, 2.75) is 17.4 Å². The average molecular weight is 510 g/mol. The van der Waals surface area contributed by atoms with Crippen LogP contribution in [-0.2, 0) is 26.8 Å². The van der Waals surface area contributed by atoms with Gasteiger partial charge in [0.1, 0.15) is 21.8 Å². The number of carboxylic acid groups (broad SMARTS) is 1. The average Bonchev–Trinajstić information content (AvgIpc) is 3.28. The molecule has 1 aliphatic carbocycles. The maximum absolute atomic E-state index is 14.6. The summed E-state index contributed by atoms with van der Waals surface area (Å²) >= 11 is 1.17. The number of carbonyl (C=O) groups is 1. The molecule has 0 bridgehead atoms. The number of benzene rings is 3. The van der Waals surface area contributed by atoms with E-state index in [2.05, 4.69) is 4.98 Å². The van der Waals surface area contributed by atoms with Gasteiger partial charge >= 0.3 is 5.97 Å². The molecule has 0 spiro atoms. The summed E-state index contributed by atoms with van der Waals surface area (Å²) < 4.78 is 47.4. The Morgan fingerprint density at radius 2 is 1.74 bits per heavy atom. The third-order valence-corrected chi connectivity index (χ3v) is 9.18. The van der Waals surface area contributed by atoms with E-state index < -0.39 is 33.5 Å². The van der Waals surface area contributed by atoms with Crippen LogP contribution in [0.15, 0.2) is 72.8 Å². The first kappa shape index (κ1) is 23.2. The number of rotatable bonds is 7. The molecule has 5 rings (SSSR count). The molecule has 4 aromatic rings. The number of carboxylic acids is 1. The Labute approximate surface area is 205 Å². The summed E-state index contributed by atoms with van der Waals surface area (Å²) in [5, 5.41) is 8.52. The zero-order valence-corrected chi connectivity index (χ0v) is 20.0. The maximum Gasteiger partial charge on any atom is 0.341 e. The van der Waals surface area contributed by atoms with E-state index in [1.807, 2.05) is 6.07 Å². The van der Waals surface area contributed by atoms with E-state index in [0.29, 0.717) is 43.6 Å². The minimum Gasteiger partial charge on any atom is -0.482 e. The quantitative estimate of drug-likeness (QED) is 0.364. The fraction of sp³-hybridized carbons (Fsp3) is 0.154. The number of nitrogens with zero attached hydrogens (tertiary/aromatic N) is 1. The first-order chi connectivity index (χ1) is 16.8. The third-order valence-electron chi connectivity index (χ3n) is 5.82. The standard InChI is InChI=1S/C26H20FNO5S2/c27-20-11-5-4-9-18(20)26-28-24-17-10-6-12-21(33-14-23(29)30)19(17)13-22(25(24)34-26)35(31,32)15-16-7-2-1-3-8-16/h1-12,22H,13-15H2,(H,29,30). The predicted octanol–water partition coefficient (Wildman–Crippen LogP) is 5.29. The van der Waals surface area contributed by atoms with Crippen LogP contribution in [0.25, 0.3) is 21.8 Å². The van der Waals surface area contributed by atoms with Crippen LogP contribution >= 0.6 is 11.3 Å². The zero-order chi connectivity index (χ0) is 24.6. The third kappa shape index (κ3) is 4.56. The minimum absolute atomic E-state index is 0.103. The van der Waals surface area contributed by atoms with E-state index in [1.54, 1.807) is 60.7 Å². The van der Waals surface area contributed by atoms with Gasteiger partial charge in [0.2, 0.25) is 0 Å². The van der Waals surface area contributed by atoms with Gasteiger partial charge in [0.15, 0.2) is 16.4 Å². The fourth-order valence-electron chi connectivity index (χ4n) is 4.24.